The number of hydrogen-bond donors (Lipinski definition) is 1. The van der Waals surface area contributed by atoms with Gasteiger partial charge in [0.15, 0.2) is 0 Å². The molecule has 2 heterocycles. The predicted octanol–water partition coefficient (Wildman–Crippen LogP) is 2.64. The first-order valence-corrected chi connectivity index (χ1v) is 8.32. The number of likely N-dealkylation sites (tertiary alicyclic amines) is 1. The minimum Gasteiger partial charge on any atom is -0.361 e. The summed E-state index contributed by atoms with van der Waals surface area (Å²) in [6, 6.07) is 7.31. The predicted molar refractivity (Wildman–Crippen MR) is 90.3 cm³/mol. The van der Waals surface area contributed by atoms with E-state index in [0.717, 1.165) is 23.7 Å². The largest absolute Gasteiger partial charge is 0.361 e. The Kier molecular flexibility index (Phi) is 4.37. The number of nitrogens with one attached hydrogen (secondary N) is 1. The Balaban J connectivity index is 1.83. The fourth-order valence-corrected chi connectivity index (χ4v) is 3.36. The quantitative estimate of drug-likeness (QED) is 0.943. The maximum absolute atomic E-state index is 12.9. The molecular weight excluding hydrogens is 290 g/mol. The molecule has 1 aliphatic rings. The molecule has 1 aliphatic heterocycles. The zero-order chi connectivity index (χ0) is 16.4. The smallest absolute Gasteiger partial charge is 0.254 e. The molecule has 0 saturated carbocycles. The third kappa shape index (κ3) is 2.83. The molecule has 2 amide bonds. The van der Waals surface area contributed by atoms with Gasteiger partial charge in [-0.1, -0.05) is 6.07 Å². The number of carbonyl (C=O) groups is 2. The van der Waals surface area contributed by atoms with Gasteiger partial charge in [0.05, 0.1) is 0 Å². The van der Waals surface area contributed by atoms with Crippen molar-refractivity contribution in [1.29, 1.82) is 0 Å². The second-order valence-corrected chi connectivity index (χ2v) is 5.95. The van der Waals surface area contributed by atoms with Gasteiger partial charge in [0.2, 0.25) is 5.91 Å². The van der Waals surface area contributed by atoms with E-state index in [4.69, 9.17) is 0 Å². The first-order chi connectivity index (χ1) is 11.2. The van der Waals surface area contributed by atoms with Crippen molar-refractivity contribution < 1.29 is 9.59 Å². The Morgan fingerprint density at radius 2 is 2.04 bits per heavy atom. The molecule has 1 atom stereocenters. The Bertz CT molecular complexity index is 718. The van der Waals surface area contributed by atoms with E-state index in [2.05, 4.69) is 4.98 Å². The molecule has 5 nitrogen and oxygen atoms in total. The van der Waals surface area contributed by atoms with E-state index in [1.165, 1.54) is 0 Å². The molecule has 1 N–H and O–H groups in total. The monoisotopic (exact) mass is 313 g/mol. The lowest BCUT2D eigenvalue weighted by Crippen LogP contribution is -2.47. The van der Waals surface area contributed by atoms with Gasteiger partial charge in [-0.25, -0.2) is 0 Å². The average Bonchev–Trinajstić information content (AvgIpc) is 3.23. The minimum absolute atomic E-state index is 0.0514. The van der Waals surface area contributed by atoms with Gasteiger partial charge in [0.25, 0.3) is 5.91 Å². The Hall–Kier alpha value is -2.30. The van der Waals surface area contributed by atoms with E-state index in [1.807, 2.05) is 49.2 Å². The average molecular weight is 313 g/mol. The van der Waals surface area contributed by atoms with E-state index in [0.29, 0.717) is 25.2 Å². The molecule has 0 spiro atoms. The summed E-state index contributed by atoms with van der Waals surface area (Å²) in [6.07, 6.45) is 3.50. The molecule has 122 valence electrons. The highest BCUT2D eigenvalue weighted by atomic mass is 16.2. The number of amides is 2. The Morgan fingerprint density at radius 3 is 2.78 bits per heavy atom. The van der Waals surface area contributed by atoms with Gasteiger partial charge in [0, 0.05) is 36.9 Å². The Labute approximate surface area is 136 Å². The summed E-state index contributed by atoms with van der Waals surface area (Å²) >= 11 is 0. The normalized spacial score (nSPS) is 17.7. The third-order valence-corrected chi connectivity index (χ3v) is 4.68. The number of fused-ring (bicyclic) bond motifs is 1. The SMILES string of the molecule is CCN(CC)C(=O)[C@H]1CCCN1C(=O)c1ccc2cc[nH]c2c1. The van der Waals surface area contributed by atoms with Crippen molar-refractivity contribution in [1.82, 2.24) is 14.8 Å². The van der Waals surface area contributed by atoms with E-state index in [1.54, 1.807) is 4.90 Å². The topological polar surface area (TPSA) is 56.4 Å². The second-order valence-electron chi connectivity index (χ2n) is 5.95. The highest BCUT2D eigenvalue weighted by molar-refractivity contribution is 6.00. The van der Waals surface area contributed by atoms with Crippen LogP contribution in [-0.4, -0.2) is 52.3 Å². The minimum atomic E-state index is -0.318. The van der Waals surface area contributed by atoms with Crippen LogP contribution in [0.25, 0.3) is 10.9 Å². The van der Waals surface area contributed by atoms with Crippen LogP contribution in [0.5, 0.6) is 0 Å². The van der Waals surface area contributed by atoms with Gasteiger partial charge < -0.3 is 14.8 Å². The summed E-state index contributed by atoms with van der Waals surface area (Å²) in [7, 11) is 0. The van der Waals surface area contributed by atoms with E-state index < -0.39 is 0 Å². The fourth-order valence-electron chi connectivity index (χ4n) is 3.36. The maximum atomic E-state index is 12.9. The van der Waals surface area contributed by atoms with Crippen molar-refractivity contribution in [3.05, 3.63) is 36.0 Å². The van der Waals surface area contributed by atoms with Crippen LogP contribution in [0.4, 0.5) is 0 Å². The number of benzene rings is 1. The molecule has 2 aromatic rings. The zero-order valence-electron chi connectivity index (χ0n) is 13.7. The molecule has 1 fully saturated rings. The Morgan fingerprint density at radius 1 is 1.26 bits per heavy atom. The zero-order valence-corrected chi connectivity index (χ0v) is 13.7. The first kappa shape index (κ1) is 15.6. The summed E-state index contributed by atoms with van der Waals surface area (Å²) < 4.78 is 0. The lowest BCUT2D eigenvalue weighted by atomic mass is 10.1. The molecular formula is C18H23N3O2. The van der Waals surface area contributed by atoms with Crippen LogP contribution in [0.2, 0.25) is 0 Å². The van der Waals surface area contributed by atoms with Crippen LogP contribution in [0, 0.1) is 0 Å². The van der Waals surface area contributed by atoms with E-state index >= 15 is 0 Å². The van der Waals surface area contributed by atoms with Gasteiger partial charge in [-0.05, 0) is 50.3 Å². The van der Waals surface area contributed by atoms with Crippen molar-refractivity contribution in [2.75, 3.05) is 19.6 Å². The number of likely N-dealkylation sites (N-methyl/N-ethyl adjacent to an activating group) is 1. The van der Waals surface area contributed by atoms with Crippen molar-refractivity contribution in [2.45, 2.75) is 32.7 Å². The number of hydrogen-bond acceptors (Lipinski definition) is 2. The van der Waals surface area contributed by atoms with Crippen LogP contribution >= 0.6 is 0 Å². The molecule has 0 aliphatic carbocycles. The molecule has 0 bridgehead atoms. The molecule has 3 rings (SSSR count). The highest BCUT2D eigenvalue weighted by Gasteiger charge is 2.36. The van der Waals surface area contributed by atoms with Crippen LogP contribution in [0.1, 0.15) is 37.0 Å². The standard InChI is InChI=1S/C18H23N3O2/c1-3-20(4-2)18(23)16-6-5-11-21(16)17(22)14-8-7-13-9-10-19-15(13)12-14/h7-10,12,16,19H,3-6,11H2,1-2H3/t16-/m1/s1. The van der Waals surface area contributed by atoms with Crippen LogP contribution < -0.4 is 0 Å². The number of aromatic nitrogens is 1. The van der Waals surface area contributed by atoms with Gasteiger partial charge in [-0.3, -0.25) is 9.59 Å². The molecule has 0 radical (unpaired) electrons. The maximum Gasteiger partial charge on any atom is 0.254 e. The number of rotatable bonds is 4. The molecule has 5 heteroatoms. The summed E-state index contributed by atoms with van der Waals surface area (Å²) in [5, 5.41) is 1.08. The molecule has 1 aromatic heterocycles. The molecule has 0 unspecified atom stereocenters. The van der Waals surface area contributed by atoms with Gasteiger partial charge in [0.1, 0.15) is 6.04 Å². The number of nitrogens with zero attached hydrogens (tertiary/aromatic N) is 2. The van der Waals surface area contributed by atoms with E-state index in [-0.39, 0.29) is 17.9 Å². The van der Waals surface area contributed by atoms with Crippen molar-refractivity contribution >= 4 is 22.7 Å². The lowest BCUT2D eigenvalue weighted by molar-refractivity contribution is -0.134. The fraction of sp³-hybridized carbons (Fsp3) is 0.444. The van der Waals surface area contributed by atoms with Crippen LogP contribution in [0.15, 0.2) is 30.5 Å². The number of H-pyrrole nitrogens is 1. The van der Waals surface area contributed by atoms with Crippen molar-refractivity contribution in [2.24, 2.45) is 0 Å². The molecule has 23 heavy (non-hydrogen) atoms. The highest BCUT2D eigenvalue weighted by Crippen LogP contribution is 2.23. The third-order valence-electron chi connectivity index (χ3n) is 4.68. The molecule has 1 aromatic carbocycles. The van der Waals surface area contributed by atoms with Crippen molar-refractivity contribution in [3.63, 3.8) is 0 Å². The molecule has 1 saturated heterocycles. The summed E-state index contributed by atoms with van der Waals surface area (Å²) in [5.41, 5.74) is 1.58. The van der Waals surface area contributed by atoms with E-state index in [9.17, 15) is 9.59 Å². The van der Waals surface area contributed by atoms with Crippen LogP contribution in [-0.2, 0) is 4.79 Å². The van der Waals surface area contributed by atoms with Gasteiger partial charge in [-0.15, -0.1) is 0 Å². The second kappa shape index (κ2) is 6.44. The summed E-state index contributed by atoms with van der Waals surface area (Å²) in [5.74, 6) is 0.0197. The summed E-state index contributed by atoms with van der Waals surface area (Å²) in [6.45, 7) is 5.97. The lowest BCUT2D eigenvalue weighted by Gasteiger charge is -2.29. The van der Waals surface area contributed by atoms with Crippen molar-refractivity contribution in [3.8, 4) is 0 Å². The van der Waals surface area contributed by atoms with Crippen LogP contribution in [0.3, 0.4) is 0 Å². The van der Waals surface area contributed by atoms with Gasteiger partial charge >= 0.3 is 0 Å². The van der Waals surface area contributed by atoms with Gasteiger partial charge in [-0.2, -0.15) is 0 Å². The number of carbonyl (C=O) groups excluding carboxylic acids is 2. The first-order valence-electron chi connectivity index (χ1n) is 8.32. The summed E-state index contributed by atoms with van der Waals surface area (Å²) in [4.78, 5) is 32.2. The number of aromatic amines is 1.